The van der Waals surface area contributed by atoms with Gasteiger partial charge in [-0.15, -0.1) is 0 Å². The van der Waals surface area contributed by atoms with Crippen LogP contribution in [-0.2, 0) is 19.1 Å². The van der Waals surface area contributed by atoms with E-state index in [2.05, 4.69) is 20.6 Å². The molecule has 0 unspecified atom stereocenters. The third-order valence-electron chi connectivity index (χ3n) is 5.18. The van der Waals surface area contributed by atoms with E-state index in [0.717, 1.165) is 11.1 Å². The number of carbonyl (C=O) groups excluding carboxylic acids is 2. The molecular formula is C28H32N4O4. The Labute approximate surface area is 211 Å². The van der Waals surface area contributed by atoms with E-state index in [-0.39, 0.29) is 13.2 Å². The molecular weight excluding hydrogens is 456 g/mol. The van der Waals surface area contributed by atoms with Gasteiger partial charge in [0.15, 0.2) is 0 Å². The van der Waals surface area contributed by atoms with Gasteiger partial charge < -0.3 is 20.1 Å². The summed E-state index contributed by atoms with van der Waals surface area (Å²) in [6.07, 6.45) is 3.05. The number of hydrogen-bond donors (Lipinski definition) is 2. The average Bonchev–Trinajstić information content (AvgIpc) is 2.90. The Morgan fingerprint density at radius 1 is 0.694 bits per heavy atom. The first kappa shape index (κ1) is 26.4. The molecule has 0 bridgehead atoms. The first-order valence-corrected chi connectivity index (χ1v) is 12.1. The monoisotopic (exact) mass is 488 g/mol. The number of carbonyl (C=O) groups is 2. The van der Waals surface area contributed by atoms with Crippen LogP contribution < -0.4 is 10.6 Å². The van der Waals surface area contributed by atoms with E-state index in [9.17, 15) is 9.59 Å². The number of aliphatic imine (C=N–C) groups is 2. The molecule has 0 aromatic heterocycles. The fourth-order valence-electron chi connectivity index (χ4n) is 3.57. The summed E-state index contributed by atoms with van der Waals surface area (Å²) < 4.78 is 10.6. The molecule has 0 atom stereocenters. The maximum atomic E-state index is 12.8. The van der Waals surface area contributed by atoms with Crippen molar-refractivity contribution >= 4 is 35.8 Å². The molecule has 8 nitrogen and oxygen atoms in total. The van der Waals surface area contributed by atoms with Crippen molar-refractivity contribution in [2.24, 2.45) is 9.98 Å². The quantitative estimate of drug-likeness (QED) is 0.606. The summed E-state index contributed by atoms with van der Waals surface area (Å²) in [4.78, 5) is 34.5. The fourth-order valence-corrected chi connectivity index (χ4v) is 3.57. The maximum absolute atomic E-state index is 12.8. The van der Waals surface area contributed by atoms with Crippen LogP contribution in [0.4, 0.5) is 0 Å². The van der Waals surface area contributed by atoms with Gasteiger partial charge in [-0.25, -0.2) is 9.59 Å². The zero-order valence-electron chi connectivity index (χ0n) is 20.7. The van der Waals surface area contributed by atoms with Crippen LogP contribution in [0.15, 0.2) is 81.8 Å². The molecule has 36 heavy (non-hydrogen) atoms. The number of hydrogen-bond acceptors (Lipinski definition) is 8. The third-order valence-corrected chi connectivity index (χ3v) is 5.18. The summed E-state index contributed by atoms with van der Waals surface area (Å²) in [7, 11) is 0. The topological polar surface area (TPSA) is 101 Å². The molecule has 0 fully saturated rings. The van der Waals surface area contributed by atoms with Crippen LogP contribution in [0.2, 0.25) is 0 Å². The number of ether oxygens (including phenoxy) is 2. The van der Waals surface area contributed by atoms with Crippen molar-refractivity contribution in [2.45, 2.75) is 13.8 Å². The van der Waals surface area contributed by atoms with E-state index < -0.39 is 11.9 Å². The smallest absolute Gasteiger partial charge is 0.341 e. The van der Waals surface area contributed by atoms with Crippen LogP contribution >= 0.6 is 0 Å². The lowest BCUT2D eigenvalue weighted by Crippen LogP contribution is -2.29. The van der Waals surface area contributed by atoms with E-state index in [4.69, 9.17) is 9.47 Å². The Kier molecular flexibility index (Phi) is 10.5. The Morgan fingerprint density at radius 3 is 1.44 bits per heavy atom. The minimum absolute atomic E-state index is 0.256. The number of esters is 2. The van der Waals surface area contributed by atoms with E-state index in [0.29, 0.717) is 48.7 Å². The van der Waals surface area contributed by atoms with E-state index in [1.165, 1.54) is 12.4 Å². The molecule has 2 aromatic rings. The Hall–Kier alpha value is -4.20. The summed E-state index contributed by atoms with van der Waals surface area (Å²) >= 11 is 0. The molecule has 0 spiro atoms. The van der Waals surface area contributed by atoms with Crippen molar-refractivity contribution in [3.05, 3.63) is 82.9 Å². The summed E-state index contributed by atoms with van der Waals surface area (Å²) in [6.45, 7) is 5.60. The van der Waals surface area contributed by atoms with Crippen LogP contribution in [0.25, 0.3) is 11.4 Å². The molecule has 0 amide bonds. The lowest BCUT2D eigenvalue weighted by molar-refractivity contribution is -0.138. The first-order chi connectivity index (χ1) is 17.7. The summed E-state index contributed by atoms with van der Waals surface area (Å²) in [6, 6.07) is 19.1. The molecule has 2 aromatic carbocycles. The van der Waals surface area contributed by atoms with Crippen molar-refractivity contribution in [3.8, 4) is 0 Å². The minimum atomic E-state index is -0.453. The lowest BCUT2D eigenvalue weighted by Gasteiger charge is -2.18. The summed E-state index contributed by atoms with van der Waals surface area (Å²) in [5.41, 5.74) is 3.60. The number of nitrogens with zero attached hydrogens (tertiary/aromatic N) is 2. The largest absolute Gasteiger partial charge is 0.462 e. The van der Waals surface area contributed by atoms with Crippen LogP contribution in [0.1, 0.15) is 25.0 Å². The molecule has 188 valence electrons. The molecule has 1 aliphatic rings. The van der Waals surface area contributed by atoms with Gasteiger partial charge in [0, 0.05) is 25.5 Å². The highest BCUT2D eigenvalue weighted by Crippen LogP contribution is 2.18. The van der Waals surface area contributed by atoms with Crippen molar-refractivity contribution in [3.63, 3.8) is 0 Å². The van der Waals surface area contributed by atoms with E-state index >= 15 is 0 Å². The van der Waals surface area contributed by atoms with Crippen LogP contribution in [0.3, 0.4) is 0 Å². The Morgan fingerprint density at radius 2 is 1.08 bits per heavy atom. The van der Waals surface area contributed by atoms with Crippen molar-refractivity contribution in [1.82, 2.24) is 10.6 Å². The highest BCUT2D eigenvalue weighted by Gasteiger charge is 2.19. The van der Waals surface area contributed by atoms with Gasteiger partial charge in [-0.2, -0.15) is 0 Å². The van der Waals surface area contributed by atoms with Crippen LogP contribution in [-0.4, -0.2) is 63.8 Å². The molecule has 3 rings (SSSR count). The standard InChI is InChI=1S/C28H32N4O4/c1-3-35-27(33)23-19-29-15-16-30-20-24(28(34)36-4-2)26(22-13-9-6-10-14-22)32-18-17-31-25(23)21-11-7-5-8-12-21/h5-14,19-20,31-32H,3-4,15-18H2,1-2H3/b25-23+,26-24+,29-19?,30-20?. The molecule has 8 heteroatoms. The predicted octanol–water partition coefficient (Wildman–Crippen LogP) is 3.27. The van der Waals surface area contributed by atoms with E-state index in [1.807, 2.05) is 60.7 Å². The third kappa shape index (κ3) is 7.40. The normalized spacial score (nSPS) is 18.9. The number of nitrogens with one attached hydrogen (secondary N) is 2. The molecule has 0 saturated heterocycles. The van der Waals surface area contributed by atoms with Crippen LogP contribution in [0.5, 0.6) is 0 Å². The van der Waals surface area contributed by atoms with Crippen molar-refractivity contribution < 1.29 is 19.1 Å². The highest BCUT2D eigenvalue weighted by molar-refractivity contribution is 6.16. The molecule has 1 heterocycles. The maximum Gasteiger partial charge on any atom is 0.341 e. The van der Waals surface area contributed by atoms with Crippen molar-refractivity contribution in [1.29, 1.82) is 0 Å². The molecule has 2 N–H and O–H groups in total. The van der Waals surface area contributed by atoms with Gasteiger partial charge in [0.05, 0.1) is 37.7 Å². The minimum Gasteiger partial charge on any atom is -0.462 e. The van der Waals surface area contributed by atoms with Crippen molar-refractivity contribution in [2.75, 3.05) is 39.4 Å². The van der Waals surface area contributed by atoms with Gasteiger partial charge in [-0.05, 0) is 25.0 Å². The summed E-state index contributed by atoms with van der Waals surface area (Å²) in [5, 5.41) is 6.75. The van der Waals surface area contributed by atoms with E-state index in [1.54, 1.807) is 13.8 Å². The molecule has 0 radical (unpaired) electrons. The molecule has 0 saturated carbocycles. The van der Waals surface area contributed by atoms with Gasteiger partial charge in [-0.3, -0.25) is 9.98 Å². The molecule has 0 aliphatic carbocycles. The van der Waals surface area contributed by atoms with Gasteiger partial charge in [0.1, 0.15) is 11.1 Å². The average molecular weight is 489 g/mol. The first-order valence-electron chi connectivity index (χ1n) is 12.1. The Balaban J connectivity index is 2.01. The zero-order chi connectivity index (χ0) is 25.6. The Bertz CT molecular complexity index is 1050. The highest BCUT2D eigenvalue weighted by atomic mass is 16.5. The second kappa shape index (κ2) is 14.3. The lowest BCUT2D eigenvalue weighted by atomic mass is 10.1. The molecule has 1 aliphatic heterocycles. The number of benzene rings is 2. The van der Waals surface area contributed by atoms with Gasteiger partial charge in [-0.1, -0.05) is 60.7 Å². The van der Waals surface area contributed by atoms with Gasteiger partial charge >= 0.3 is 11.9 Å². The predicted molar refractivity (Wildman–Crippen MR) is 143 cm³/mol. The van der Waals surface area contributed by atoms with Gasteiger partial charge in [0.25, 0.3) is 0 Å². The SMILES string of the molecule is CCOC(=O)/C1=C(\c2ccccc2)NCCN/C(c2ccccc2)=C(/C(=O)OCC)C=NCCN=C1. The number of rotatable bonds is 6. The second-order valence-corrected chi connectivity index (χ2v) is 7.67. The summed E-state index contributed by atoms with van der Waals surface area (Å²) in [5.74, 6) is -0.906. The second-order valence-electron chi connectivity index (χ2n) is 7.67. The van der Waals surface area contributed by atoms with Crippen LogP contribution in [0, 0.1) is 0 Å². The zero-order valence-corrected chi connectivity index (χ0v) is 20.7. The van der Waals surface area contributed by atoms with Gasteiger partial charge in [0.2, 0.25) is 0 Å². The fraction of sp³-hybridized carbons (Fsp3) is 0.286.